The molecule has 0 spiro atoms. The number of thiocarbonyl (C=S) groups is 1. The van der Waals surface area contributed by atoms with Crippen molar-refractivity contribution in [2.75, 3.05) is 12.0 Å². The molecule has 2 aromatic carbocycles. The second-order valence-electron chi connectivity index (χ2n) is 7.45. The summed E-state index contributed by atoms with van der Waals surface area (Å²) in [6.07, 6.45) is 3.84. The SMILES string of the molecule is COc1ccccc1N1C(=S)NC(c2ccccn2)C1c1cccn1-c1cccc(Cl)c1. The second-order valence-corrected chi connectivity index (χ2v) is 8.27. The van der Waals surface area contributed by atoms with Crippen molar-refractivity contribution in [1.29, 1.82) is 0 Å². The lowest BCUT2D eigenvalue weighted by atomic mass is 10.0. The first-order valence-electron chi connectivity index (χ1n) is 10.2. The van der Waals surface area contributed by atoms with Crippen molar-refractivity contribution >= 4 is 34.6 Å². The number of anilines is 1. The van der Waals surface area contributed by atoms with Gasteiger partial charge in [-0.2, -0.15) is 0 Å². The van der Waals surface area contributed by atoms with Gasteiger partial charge < -0.3 is 19.5 Å². The summed E-state index contributed by atoms with van der Waals surface area (Å²) < 4.78 is 7.82. The minimum Gasteiger partial charge on any atom is -0.495 e. The number of benzene rings is 2. The molecule has 160 valence electrons. The Morgan fingerprint density at radius 3 is 2.62 bits per heavy atom. The Balaban J connectivity index is 1.70. The third-order valence-corrected chi connectivity index (χ3v) is 6.16. The van der Waals surface area contributed by atoms with Gasteiger partial charge in [0, 0.05) is 28.8 Å². The summed E-state index contributed by atoms with van der Waals surface area (Å²) in [7, 11) is 1.67. The van der Waals surface area contributed by atoms with E-state index in [1.165, 1.54) is 0 Å². The monoisotopic (exact) mass is 460 g/mol. The van der Waals surface area contributed by atoms with Gasteiger partial charge in [-0.1, -0.05) is 35.9 Å². The molecule has 1 saturated heterocycles. The number of hydrogen-bond acceptors (Lipinski definition) is 3. The number of nitrogens with one attached hydrogen (secondary N) is 1. The summed E-state index contributed by atoms with van der Waals surface area (Å²) in [6.45, 7) is 0. The molecular weight excluding hydrogens is 440 g/mol. The van der Waals surface area contributed by atoms with Crippen LogP contribution in [-0.4, -0.2) is 21.8 Å². The average molecular weight is 461 g/mol. The molecule has 0 aliphatic carbocycles. The highest BCUT2D eigenvalue weighted by Crippen LogP contribution is 2.44. The number of hydrogen-bond donors (Lipinski definition) is 1. The summed E-state index contributed by atoms with van der Waals surface area (Å²) in [5.41, 5.74) is 3.85. The molecule has 0 radical (unpaired) electrons. The number of ether oxygens (including phenoxy) is 1. The van der Waals surface area contributed by atoms with Crippen LogP contribution in [0.3, 0.4) is 0 Å². The third-order valence-electron chi connectivity index (χ3n) is 5.61. The molecule has 1 aliphatic rings. The molecule has 1 fully saturated rings. The fraction of sp³-hybridized carbons (Fsp3) is 0.120. The second kappa shape index (κ2) is 8.65. The van der Waals surface area contributed by atoms with E-state index in [2.05, 4.69) is 25.8 Å². The Bertz CT molecular complexity index is 1260. The van der Waals surface area contributed by atoms with Crippen LogP contribution in [0.2, 0.25) is 5.02 Å². The van der Waals surface area contributed by atoms with E-state index in [0.717, 1.165) is 28.5 Å². The van der Waals surface area contributed by atoms with Gasteiger partial charge >= 0.3 is 0 Å². The maximum Gasteiger partial charge on any atom is 0.174 e. The molecule has 0 saturated carbocycles. The predicted molar refractivity (Wildman–Crippen MR) is 132 cm³/mol. The molecule has 4 aromatic rings. The lowest BCUT2D eigenvalue weighted by Gasteiger charge is -2.30. The minimum atomic E-state index is -0.164. The van der Waals surface area contributed by atoms with E-state index in [1.54, 1.807) is 13.3 Å². The minimum absolute atomic E-state index is 0.151. The van der Waals surface area contributed by atoms with Crippen LogP contribution in [0.5, 0.6) is 5.75 Å². The topological polar surface area (TPSA) is 42.3 Å². The van der Waals surface area contributed by atoms with Gasteiger partial charge in [-0.15, -0.1) is 0 Å². The fourth-order valence-electron chi connectivity index (χ4n) is 4.24. The number of aromatic nitrogens is 2. The largest absolute Gasteiger partial charge is 0.495 e. The molecule has 1 aliphatic heterocycles. The summed E-state index contributed by atoms with van der Waals surface area (Å²) in [4.78, 5) is 6.75. The molecule has 0 bridgehead atoms. The van der Waals surface area contributed by atoms with E-state index < -0.39 is 0 Å². The van der Waals surface area contributed by atoms with E-state index in [1.807, 2.05) is 79.0 Å². The van der Waals surface area contributed by atoms with Gasteiger partial charge in [0.25, 0.3) is 0 Å². The Kier molecular flexibility index (Phi) is 5.55. The van der Waals surface area contributed by atoms with Crippen LogP contribution in [0.15, 0.2) is 91.3 Å². The smallest absolute Gasteiger partial charge is 0.174 e. The van der Waals surface area contributed by atoms with Gasteiger partial charge in [0.1, 0.15) is 11.8 Å². The van der Waals surface area contributed by atoms with Crippen LogP contribution in [-0.2, 0) is 0 Å². The van der Waals surface area contributed by atoms with Gasteiger partial charge in [-0.25, -0.2) is 0 Å². The van der Waals surface area contributed by atoms with E-state index in [-0.39, 0.29) is 12.1 Å². The maximum absolute atomic E-state index is 6.30. The van der Waals surface area contributed by atoms with E-state index in [4.69, 9.17) is 28.6 Å². The molecule has 0 amide bonds. The zero-order chi connectivity index (χ0) is 22.1. The van der Waals surface area contributed by atoms with Gasteiger partial charge in [0.05, 0.1) is 24.5 Å². The third kappa shape index (κ3) is 3.61. The van der Waals surface area contributed by atoms with E-state index in [9.17, 15) is 0 Å². The molecule has 7 heteroatoms. The summed E-state index contributed by atoms with van der Waals surface area (Å²) in [5.74, 6) is 0.754. The first kappa shape index (κ1) is 20.5. The molecular formula is C25H21ClN4OS. The number of halogens is 1. The van der Waals surface area contributed by atoms with Crippen LogP contribution in [0, 0.1) is 0 Å². The predicted octanol–water partition coefficient (Wildman–Crippen LogP) is 5.71. The van der Waals surface area contributed by atoms with E-state index >= 15 is 0 Å². The highest BCUT2D eigenvalue weighted by molar-refractivity contribution is 7.80. The Morgan fingerprint density at radius 2 is 1.84 bits per heavy atom. The lowest BCUT2D eigenvalue weighted by Crippen LogP contribution is -2.30. The summed E-state index contributed by atoms with van der Waals surface area (Å²) >= 11 is 12.1. The van der Waals surface area contributed by atoms with Crippen molar-refractivity contribution in [3.8, 4) is 11.4 Å². The van der Waals surface area contributed by atoms with Crippen molar-refractivity contribution in [3.05, 3.63) is 108 Å². The van der Waals surface area contributed by atoms with Crippen LogP contribution >= 0.6 is 23.8 Å². The molecule has 5 rings (SSSR count). The van der Waals surface area contributed by atoms with Gasteiger partial charge in [-0.05, 0) is 66.8 Å². The number of methoxy groups -OCH3 is 1. The van der Waals surface area contributed by atoms with Gasteiger partial charge in [0.2, 0.25) is 0 Å². The van der Waals surface area contributed by atoms with Crippen molar-refractivity contribution in [3.63, 3.8) is 0 Å². The molecule has 1 N–H and O–H groups in total. The van der Waals surface area contributed by atoms with Gasteiger partial charge in [-0.3, -0.25) is 4.98 Å². The molecule has 3 heterocycles. The standard InChI is InChI=1S/C25H21ClN4OS/c1-31-22-13-3-2-11-20(22)30-24(23(28-25(30)32)19-10-4-5-14-27-19)21-12-7-15-29(21)18-9-6-8-17(26)16-18/h2-16,23-24H,1H3,(H,28,32). The van der Waals surface area contributed by atoms with E-state index in [0.29, 0.717) is 10.1 Å². The molecule has 2 atom stereocenters. The number of pyridine rings is 1. The molecule has 5 nitrogen and oxygen atoms in total. The molecule has 32 heavy (non-hydrogen) atoms. The zero-order valence-corrected chi connectivity index (χ0v) is 18.9. The normalized spacial score (nSPS) is 17.9. The molecule has 2 unspecified atom stereocenters. The van der Waals surface area contributed by atoms with Crippen molar-refractivity contribution in [2.45, 2.75) is 12.1 Å². The Hall–Kier alpha value is -3.35. The maximum atomic E-state index is 6.30. The zero-order valence-electron chi connectivity index (χ0n) is 17.4. The summed E-state index contributed by atoms with van der Waals surface area (Å²) in [6, 6.07) is 25.5. The summed E-state index contributed by atoms with van der Waals surface area (Å²) in [5, 5.41) is 4.80. The number of nitrogens with zero attached hydrogens (tertiary/aromatic N) is 3. The van der Waals surface area contributed by atoms with Crippen molar-refractivity contribution < 1.29 is 4.74 Å². The first-order valence-corrected chi connectivity index (χ1v) is 11.0. The quantitative estimate of drug-likeness (QED) is 0.386. The van der Waals surface area contributed by atoms with Crippen molar-refractivity contribution in [2.24, 2.45) is 0 Å². The van der Waals surface area contributed by atoms with Crippen LogP contribution < -0.4 is 15.0 Å². The van der Waals surface area contributed by atoms with Crippen LogP contribution in [0.25, 0.3) is 5.69 Å². The Labute approximate surface area is 197 Å². The highest BCUT2D eigenvalue weighted by atomic mass is 35.5. The lowest BCUT2D eigenvalue weighted by molar-refractivity contribution is 0.414. The average Bonchev–Trinajstić information content (AvgIpc) is 3.44. The Morgan fingerprint density at radius 1 is 1.00 bits per heavy atom. The highest BCUT2D eigenvalue weighted by Gasteiger charge is 2.43. The van der Waals surface area contributed by atoms with Crippen LogP contribution in [0.1, 0.15) is 23.5 Å². The number of rotatable bonds is 5. The van der Waals surface area contributed by atoms with Gasteiger partial charge in [0.15, 0.2) is 5.11 Å². The fourth-order valence-corrected chi connectivity index (χ4v) is 4.76. The van der Waals surface area contributed by atoms with Crippen LogP contribution in [0.4, 0.5) is 5.69 Å². The molecule has 2 aromatic heterocycles. The van der Waals surface area contributed by atoms with Crippen molar-refractivity contribution in [1.82, 2.24) is 14.9 Å². The number of para-hydroxylation sites is 2. The first-order chi connectivity index (χ1) is 15.7.